The van der Waals surface area contributed by atoms with Crippen LogP contribution >= 0.6 is 23.2 Å². The molecule has 135 valence electrons. The Bertz CT molecular complexity index is 861. The highest BCUT2D eigenvalue weighted by molar-refractivity contribution is 6.37. The first kappa shape index (κ1) is 16.8. The van der Waals surface area contributed by atoms with Crippen molar-refractivity contribution in [1.82, 2.24) is 0 Å². The summed E-state index contributed by atoms with van der Waals surface area (Å²) in [5.74, 6) is -0.0774. The highest BCUT2D eigenvalue weighted by Crippen LogP contribution is 2.66. The van der Waals surface area contributed by atoms with Crippen molar-refractivity contribution in [3.8, 4) is 6.07 Å². The number of nitrogens with zero attached hydrogens (tertiary/aromatic N) is 2. The number of rotatable bonds is 1. The van der Waals surface area contributed by atoms with Gasteiger partial charge in [-0.05, 0) is 31.4 Å². The first-order valence-electron chi connectivity index (χ1n) is 8.72. The van der Waals surface area contributed by atoms with Crippen LogP contribution in [0, 0.1) is 35.5 Å². The van der Waals surface area contributed by atoms with Crippen LogP contribution in [0.25, 0.3) is 0 Å². The molecule has 1 spiro atoms. The van der Waals surface area contributed by atoms with Gasteiger partial charge in [-0.15, -0.1) is 0 Å². The minimum atomic E-state index is -0.581. The van der Waals surface area contributed by atoms with Crippen LogP contribution in [0.2, 0.25) is 10.0 Å². The van der Waals surface area contributed by atoms with E-state index in [1.165, 1.54) is 0 Å². The average Bonchev–Trinajstić information content (AvgIpc) is 3.11. The normalized spacial score (nSPS) is 42.9. The Hall–Kier alpha value is -1.32. The largest absolute Gasteiger partial charge is 0.367 e. The molecule has 0 N–H and O–H groups in total. The molecule has 1 radical (unpaired) electrons. The number of halogens is 2. The molecule has 1 aromatic rings. The molecule has 5 nitrogen and oxygen atoms in total. The maximum atomic E-state index is 13.4. The lowest BCUT2D eigenvalue weighted by Crippen LogP contribution is -2.54. The van der Waals surface area contributed by atoms with Gasteiger partial charge in [0, 0.05) is 18.0 Å². The van der Waals surface area contributed by atoms with Gasteiger partial charge >= 0.3 is 0 Å². The van der Waals surface area contributed by atoms with E-state index in [4.69, 9.17) is 32.7 Å². The monoisotopic (exact) mass is 391 g/mol. The van der Waals surface area contributed by atoms with Gasteiger partial charge in [-0.25, -0.2) is 0 Å². The second-order valence-corrected chi connectivity index (χ2v) is 8.63. The third-order valence-corrected chi connectivity index (χ3v) is 7.16. The van der Waals surface area contributed by atoms with Crippen molar-refractivity contribution in [2.45, 2.75) is 37.7 Å². The summed E-state index contributed by atoms with van der Waals surface area (Å²) in [6.45, 7) is 4.69. The summed E-state index contributed by atoms with van der Waals surface area (Å²) in [5, 5.41) is 9.64. The summed E-state index contributed by atoms with van der Waals surface area (Å²) in [6, 6.07) is 5.22. The van der Waals surface area contributed by atoms with Crippen molar-refractivity contribution in [1.29, 1.82) is 5.26 Å². The molecule has 4 aliphatic rings. The number of carbonyl (C=O) groups is 1. The molecule has 4 heterocycles. The average molecular weight is 392 g/mol. The Balaban J connectivity index is 1.64. The van der Waals surface area contributed by atoms with E-state index in [0.29, 0.717) is 12.3 Å². The minimum absolute atomic E-state index is 0.0260. The molecule has 2 bridgehead atoms. The van der Waals surface area contributed by atoms with Gasteiger partial charge in [0.2, 0.25) is 5.91 Å². The first-order valence-corrected chi connectivity index (χ1v) is 9.48. The third kappa shape index (κ3) is 1.81. The molecule has 1 amide bonds. The fourth-order valence-electron chi connectivity index (χ4n) is 5.63. The van der Waals surface area contributed by atoms with Gasteiger partial charge in [0.15, 0.2) is 0 Å². The van der Waals surface area contributed by atoms with Gasteiger partial charge in [-0.1, -0.05) is 30.1 Å². The van der Waals surface area contributed by atoms with E-state index in [-0.39, 0.29) is 44.9 Å². The quantitative estimate of drug-likeness (QED) is 0.733. The second kappa shape index (κ2) is 5.14. The van der Waals surface area contributed by atoms with Gasteiger partial charge in [-0.2, -0.15) is 5.26 Å². The van der Waals surface area contributed by atoms with Crippen molar-refractivity contribution < 1.29 is 14.3 Å². The summed E-state index contributed by atoms with van der Waals surface area (Å²) in [5.41, 5.74) is -0.159. The molecular weight excluding hydrogens is 375 g/mol. The van der Waals surface area contributed by atoms with Crippen LogP contribution in [-0.4, -0.2) is 29.9 Å². The van der Waals surface area contributed by atoms with Crippen molar-refractivity contribution in [3.63, 3.8) is 0 Å². The van der Waals surface area contributed by atoms with E-state index < -0.39 is 11.8 Å². The molecular formula is C19H17Cl2N2O3. The zero-order valence-electron chi connectivity index (χ0n) is 14.3. The fraction of sp³-hybridized carbons (Fsp3) is 0.526. The van der Waals surface area contributed by atoms with Crippen molar-refractivity contribution in [2.75, 3.05) is 11.5 Å². The molecule has 1 unspecified atom stereocenters. The number of hydrogen-bond donors (Lipinski definition) is 0. The van der Waals surface area contributed by atoms with Crippen LogP contribution in [0.4, 0.5) is 5.69 Å². The zero-order valence-corrected chi connectivity index (χ0v) is 15.8. The number of fused-ring (bicyclic) bond motifs is 2. The smallest absolute Gasteiger partial charge is 0.235 e. The van der Waals surface area contributed by atoms with E-state index in [0.717, 1.165) is 6.42 Å². The summed E-state index contributed by atoms with van der Waals surface area (Å²) < 4.78 is 12.5. The number of benzene rings is 1. The van der Waals surface area contributed by atoms with Crippen LogP contribution < -0.4 is 4.90 Å². The molecule has 4 saturated heterocycles. The topological polar surface area (TPSA) is 62.6 Å². The molecule has 26 heavy (non-hydrogen) atoms. The maximum absolute atomic E-state index is 13.4. The number of anilines is 1. The first-order chi connectivity index (χ1) is 12.3. The minimum Gasteiger partial charge on any atom is -0.367 e. The van der Waals surface area contributed by atoms with Crippen LogP contribution in [0.3, 0.4) is 0 Å². The Morgan fingerprint density at radius 3 is 2.69 bits per heavy atom. The standard InChI is InChI=1S/C19H17Cl2N2O3/c1-9-7-18(2)14-15-17(25-4-3-19(9,15)26-18)23(16(14)24)10-5-12(20)11(8-22)13(21)6-10/h5-7,9,14-15,17H,3-4H2,1-2H3/t9?,14-,15+,17+,18+,19-/m1/s1. The van der Waals surface area contributed by atoms with E-state index in [9.17, 15) is 10.1 Å². The molecule has 6 atom stereocenters. The Kier molecular flexibility index (Phi) is 3.33. The molecule has 0 aromatic heterocycles. The number of ether oxygens (including phenoxy) is 2. The van der Waals surface area contributed by atoms with E-state index in [1.807, 2.05) is 13.0 Å². The molecule has 0 aliphatic carbocycles. The van der Waals surface area contributed by atoms with Crippen molar-refractivity contribution in [2.24, 2.45) is 17.8 Å². The number of nitriles is 1. The van der Waals surface area contributed by atoms with E-state index >= 15 is 0 Å². The molecule has 4 aliphatic heterocycles. The Morgan fingerprint density at radius 2 is 2.04 bits per heavy atom. The second-order valence-electron chi connectivity index (χ2n) is 7.82. The molecule has 0 saturated carbocycles. The predicted molar refractivity (Wildman–Crippen MR) is 95.7 cm³/mol. The lowest BCUT2D eigenvalue weighted by atomic mass is 9.62. The summed E-state index contributed by atoms with van der Waals surface area (Å²) >= 11 is 12.4. The van der Waals surface area contributed by atoms with Gasteiger partial charge in [0.25, 0.3) is 0 Å². The Morgan fingerprint density at radius 1 is 1.35 bits per heavy atom. The lowest BCUT2D eigenvalue weighted by Gasteiger charge is -2.44. The van der Waals surface area contributed by atoms with Crippen LogP contribution in [0.1, 0.15) is 25.8 Å². The fourth-order valence-corrected chi connectivity index (χ4v) is 6.19. The number of amides is 1. The molecule has 4 fully saturated rings. The molecule has 1 aromatic carbocycles. The SMILES string of the molecule is CC1[CH][C@]2(C)O[C@]13CCO[C@H]1[C@@H]3[C@@H]2C(=O)N1c1cc(Cl)c(C#N)c(Cl)c1. The zero-order chi connectivity index (χ0) is 18.4. The van der Waals surface area contributed by atoms with Crippen LogP contribution in [0.5, 0.6) is 0 Å². The van der Waals surface area contributed by atoms with Gasteiger partial charge in [0.05, 0.1) is 39.3 Å². The van der Waals surface area contributed by atoms with Gasteiger partial charge in [-0.3, -0.25) is 9.69 Å². The van der Waals surface area contributed by atoms with Gasteiger partial charge in [0.1, 0.15) is 12.3 Å². The summed E-state index contributed by atoms with van der Waals surface area (Å²) in [7, 11) is 0. The number of carbonyl (C=O) groups excluding carboxylic acids is 1. The van der Waals surface area contributed by atoms with Crippen molar-refractivity contribution >= 4 is 34.8 Å². The predicted octanol–water partition coefficient (Wildman–Crippen LogP) is 3.57. The maximum Gasteiger partial charge on any atom is 0.235 e. The Labute approximate surface area is 161 Å². The van der Waals surface area contributed by atoms with E-state index in [2.05, 4.69) is 13.3 Å². The lowest BCUT2D eigenvalue weighted by molar-refractivity contribution is -0.148. The summed E-state index contributed by atoms with van der Waals surface area (Å²) in [6.07, 6.45) is 2.56. The molecule has 7 heteroatoms. The van der Waals surface area contributed by atoms with Crippen LogP contribution in [-0.2, 0) is 14.3 Å². The van der Waals surface area contributed by atoms with Crippen LogP contribution in [0.15, 0.2) is 12.1 Å². The summed E-state index contributed by atoms with van der Waals surface area (Å²) in [4.78, 5) is 15.1. The number of hydrogen-bond acceptors (Lipinski definition) is 4. The highest BCUT2D eigenvalue weighted by atomic mass is 35.5. The molecule has 5 rings (SSSR count). The van der Waals surface area contributed by atoms with E-state index in [1.54, 1.807) is 17.0 Å². The highest BCUT2D eigenvalue weighted by Gasteiger charge is 2.77. The van der Waals surface area contributed by atoms with Crippen molar-refractivity contribution in [3.05, 3.63) is 34.2 Å². The van der Waals surface area contributed by atoms with Gasteiger partial charge < -0.3 is 9.47 Å². The third-order valence-electron chi connectivity index (χ3n) is 6.57.